The van der Waals surface area contributed by atoms with Crippen LogP contribution in [0.3, 0.4) is 0 Å². The van der Waals surface area contributed by atoms with E-state index in [9.17, 15) is 4.79 Å². The van der Waals surface area contributed by atoms with Gasteiger partial charge in [0.1, 0.15) is 0 Å². The van der Waals surface area contributed by atoms with Gasteiger partial charge in [0.15, 0.2) is 0 Å². The molecule has 2 rings (SSSR count). The summed E-state index contributed by atoms with van der Waals surface area (Å²) < 4.78 is 0. The van der Waals surface area contributed by atoms with Crippen LogP contribution < -0.4 is 5.32 Å². The van der Waals surface area contributed by atoms with E-state index >= 15 is 0 Å². The number of hydrogen-bond donors (Lipinski definition) is 1. The van der Waals surface area contributed by atoms with Gasteiger partial charge in [-0.1, -0.05) is 42.1 Å². The van der Waals surface area contributed by atoms with E-state index in [1.165, 1.54) is 0 Å². The molecule has 0 saturated carbocycles. The maximum absolute atomic E-state index is 11.6. The third-order valence-corrected chi connectivity index (χ3v) is 3.82. The van der Waals surface area contributed by atoms with Crippen molar-refractivity contribution in [2.75, 3.05) is 0 Å². The molecule has 0 aliphatic carbocycles. The molecule has 92 valence electrons. The highest BCUT2D eigenvalue weighted by Crippen LogP contribution is 2.28. The Morgan fingerprint density at radius 3 is 2.71 bits per heavy atom. The summed E-state index contributed by atoms with van der Waals surface area (Å²) in [5.74, 6) is 0.126. The Labute approximate surface area is 111 Å². The smallest absolute Gasteiger partial charge is 0.220 e. The van der Waals surface area contributed by atoms with Crippen molar-refractivity contribution in [3.63, 3.8) is 0 Å². The third-order valence-electron chi connectivity index (χ3n) is 3.08. The fraction of sp³-hybridized carbons (Fsp3) is 0.462. The van der Waals surface area contributed by atoms with E-state index in [1.54, 1.807) is 6.07 Å². The molecule has 4 heteroatoms. The molecule has 1 saturated heterocycles. The van der Waals surface area contributed by atoms with E-state index < -0.39 is 0 Å². The van der Waals surface area contributed by atoms with Gasteiger partial charge in [0.05, 0.1) is 16.1 Å². The van der Waals surface area contributed by atoms with Gasteiger partial charge in [0, 0.05) is 6.42 Å². The highest BCUT2D eigenvalue weighted by atomic mass is 35.5. The minimum Gasteiger partial charge on any atom is -0.349 e. The SMILES string of the molecule is O=C1CCCCCC(c2ccc(Cl)c(Cl)c2)N1. The van der Waals surface area contributed by atoms with Crippen LogP contribution in [-0.2, 0) is 4.79 Å². The topological polar surface area (TPSA) is 29.1 Å². The van der Waals surface area contributed by atoms with Crippen LogP contribution in [0.1, 0.15) is 43.7 Å². The number of halogens is 2. The summed E-state index contributed by atoms with van der Waals surface area (Å²) in [5.41, 5.74) is 1.04. The molecule has 0 bridgehead atoms. The molecule has 1 aliphatic rings. The van der Waals surface area contributed by atoms with Crippen LogP contribution in [-0.4, -0.2) is 5.91 Å². The molecule has 0 radical (unpaired) electrons. The highest BCUT2D eigenvalue weighted by Gasteiger charge is 2.17. The molecule has 17 heavy (non-hydrogen) atoms. The average Bonchev–Trinajstić information content (AvgIpc) is 2.27. The summed E-state index contributed by atoms with van der Waals surface area (Å²) in [6, 6.07) is 5.62. The number of hydrogen-bond acceptors (Lipinski definition) is 1. The molecule has 1 N–H and O–H groups in total. The Morgan fingerprint density at radius 1 is 1.12 bits per heavy atom. The first kappa shape index (κ1) is 12.7. The quantitative estimate of drug-likeness (QED) is 0.818. The van der Waals surface area contributed by atoms with Crippen molar-refractivity contribution in [2.24, 2.45) is 0 Å². The summed E-state index contributed by atoms with van der Waals surface area (Å²) >= 11 is 11.9. The lowest BCUT2D eigenvalue weighted by atomic mass is 9.97. The van der Waals surface area contributed by atoms with Gasteiger partial charge in [-0.25, -0.2) is 0 Å². The summed E-state index contributed by atoms with van der Waals surface area (Å²) in [6.45, 7) is 0. The highest BCUT2D eigenvalue weighted by molar-refractivity contribution is 6.42. The fourth-order valence-corrected chi connectivity index (χ4v) is 2.44. The first-order valence-corrected chi connectivity index (χ1v) is 6.67. The minimum absolute atomic E-state index is 0.0672. The van der Waals surface area contributed by atoms with Crippen molar-refractivity contribution in [1.82, 2.24) is 5.32 Å². The summed E-state index contributed by atoms with van der Waals surface area (Å²) in [5, 5.41) is 4.13. The second-order valence-corrected chi connectivity index (χ2v) is 5.21. The molecular weight excluding hydrogens is 257 g/mol. The molecule has 0 spiro atoms. The maximum atomic E-state index is 11.6. The molecule has 1 aromatic rings. The van der Waals surface area contributed by atoms with Gasteiger partial charge in [-0.3, -0.25) is 4.79 Å². The summed E-state index contributed by atoms with van der Waals surface area (Å²) in [4.78, 5) is 11.6. The molecular formula is C13H15Cl2NO. The van der Waals surface area contributed by atoms with Crippen LogP contribution in [0.2, 0.25) is 10.0 Å². The predicted molar refractivity (Wildman–Crippen MR) is 70.4 cm³/mol. The lowest BCUT2D eigenvalue weighted by Crippen LogP contribution is -2.29. The molecule has 1 aromatic carbocycles. The monoisotopic (exact) mass is 271 g/mol. The van der Waals surface area contributed by atoms with Gasteiger partial charge in [0.25, 0.3) is 0 Å². The standard InChI is InChI=1S/C13H15Cl2NO/c14-10-7-6-9(8-11(10)15)12-4-2-1-3-5-13(17)16-12/h6-8,12H,1-5H2,(H,16,17). The second kappa shape index (κ2) is 5.74. The van der Waals surface area contributed by atoms with Gasteiger partial charge in [-0.15, -0.1) is 0 Å². The van der Waals surface area contributed by atoms with Gasteiger partial charge >= 0.3 is 0 Å². The number of nitrogens with one attached hydrogen (secondary N) is 1. The van der Waals surface area contributed by atoms with Crippen molar-refractivity contribution in [2.45, 2.75) is 38.1 Å². The number of carbonyl (C=O) groups excluding carboxylic acids is 1. The van der Waals surface area contributed by atoms with E-state index in [0.29, 0.717) is 16.5 Å². The third kappa shape index (κ3) is 3.36. The summed E-state index contributed by atoms with van der Waals surface area (Å²) in [6.07, 6.45) is 4.82. The number of benzene rings is 1. The van der Waals surface area contributed by atoms with Crippen LogP contribution >= 0.6 is 23.2 Å². The fourth-order valence-electron chi connectivity index (χ4n) is 2.13. The Kier molecular flexibility index (Phi) is 4.30. The Hall–Kier alpha value is -0.730. The van der Waals surface area contributed by atoms with Crippen LogP contribution in [0.5, 0.6) is 0 Å². The molecule has 1 atom stereocenters. The van der Waals surface area contributed by atoms with E-state index in [1.807, 2.05) is 12.1 Å². The van der Waals surface area contributed by atoms with Crippen LogP contribution in [0.15, 0.2) is 18.2 Å². The molecule has 2 nitrogen and oxygen atoms in total. The van der Waals surface area contributed by atoms with Crippen molar-refractivity contribution < 1.29 is 4.79 Å². The molecule has 1 heterocycles. The number of amides is 1. The lowest BCUT2D eigenvalue weighted by Gasteiger charge is -2.22. The van der Waals surface area contributed by atoms with E-state index in [4.69, 9.17) is 23.2 Å². The Balaban J connectivity index is 2.17. The zero-order valence-corrected chi connectivity index (χ0v) is 11.0. The Bertz CT molecular complexity index is 420. The number of carbonyl (C=O) groups is 1. The average molecular weight is 272 g/mol. The predicted octanol–water partition coefficient (Wildman–Crippen LogP) is 4.11. The van der Waals surface area contributed by atoms with E-state index in [2.05, 4.69) is 5.32 Å². The van der Waals surface area contributed by atoms with Crippen LogP contribution in [0.4, 0.5) is 0 Å². The van der Waals surface area contributed by atoms with Gasteiger partial charge in [-0.05, 0) is 30.5 Å². The molecule has 0 aromatic heterocycles. The largest absolute Gasteiger partial charge is 0.349 e. The van der Waals surface area contributed by atoms with Crippen molar-refractivity contribution >= 4 is 29.1 Å². The molecule has 1 unspecified atom stereocenters. The molecule has 1 aliphatic heterocycles. The molecule has 1 amide bonds. The first-order valence-electron chi connectivity index (χ1n) is 5.91. The van der Waals surface area contributed by atoms with Gasteiger partial charge in [-0.2, -0.15) is 0 Å². The van der Waals surface area contributed by atoms with Crippen molar-refractivity contribution in [3.8, 4) is 0 Å². The summed E-state index contributed by atoms with van der Waals surface area (Å²) in [7, 11) is 0. The second-order valence-electron chi connectivity index (χ2n) is 4.39. The van der Waals surface area contributed by atoms with Crippen molar-refractivity contribution in [3.05, 3.63) is 33.8 Å². The number of rotatable bonds is 1. The first-order chi connectivity index (χ1) is 8.16. The van der Waals surface area contributed by atoms with Gasteiger partial charge < -0.3 is 5.32 Å². The van der Waals surface area contributed by atoms with Crippen LogP contribution in [0.25, 0.3) is 0 Å². The van der Waals surface area contributed by atoms with E-state index in [-0.39, 0.29) is 11.9 Å². The zero-order valence-electron chi connectivity index (χ0n) is 9.51. The zero-order chi connectivity index (χ0) is 12.3. The van der Waals surface area contributed by atoms with Crippen LogP contribution in [0, 0.1) is 0 Å². The van der Waals surface area contributed by atoms with Gasteiger partial charge in [0.2, 0.25) is 5.91 Å². The van der Waals surface area contributed by atoms with E-state index in [0.717, 1.165) is 31.2 Å². The lowest BCUT2D eigenvalue weighted by molar-refractivity contribution is -0.122. The normalized spacial score (nSPS) is 21.5. The van der Waals surface area contributed by atoms with Crippen molar-refractivity contribution in [1.29, 1.82) is 0 Å². The minimum atomic E-state index is 0.0672. The molecule has 1 fully saturated rings. The maximum Gasteiger partial charge on any atom is 0.220 e. The Morgan fingerprint density at radius 2 is 1.94 bits per heavy atom.